The van der Waals surface area contributed by atoms with E-state index in [1.165, 1.54) is 25.2 Å². The number of benzene rings is 2. The van der Waals surface area contributed by atoms with Crippen molar-refractivity contribution in [2.24, 2.45) is 0 Å². The Labute approximate surface area is 212 Å². The van der Waals surface area contributed by atoms with Gasteiger partial charge in [0.25, 0.3) is 0 Å². The van der Waals surface area contributed by atoms with Crippen molar-refractivity contribution in [3.8, 4) is 17.0 Å². The molecule has 0 spiro atoms. The molecule has 0 radical (unpaired) electrons. The van der Waals surface area contributed by atoms with Crippen LogP contribution in [0.1, 0.15) is 35.4 Å². The van der Waals surface area contributed by atoms with Crippen molar-refractivity contribution in [1.82, 2.24) is 4.98 Å². The molecule has 0 aliphatic carbocycles. The highest BCUT2D eigenvalue weighted by molar-refractivity contribution is 7.19. The molecule has 2 aromatic heterocycles. The molecule has 2 aromatic carbocycles. The van der Waals surface area contributed by atoms with Gasteiger partial charge < -0.3 is 9.72 Å². The van der Waals surface area contributed by atoms with Gasteiger partial charge in [0.1, 0.15) is 4.83 Å². The Hall–Kier alpha value is -2.91. The number of rotatable bonds is 6. The van der Waals surface area contributed by atoms with E-state index >= 15 is 0 Å². The molecule has 0 unspecified atom stereocenters. The summed E-state index contributed by atoms with van der Waals surface area (Å²) < 4.78 is 73.3. The molecule has 36 heavy (non-hydrogen) atoms. The average Bonchev–Trinajstić information content (AvgIpc) is 3.38. The maximum absolute atomic E-state index is 14.1. The number of thiophene rings is 1. The lowest BCUT2D eigenvalue weighted by Gasteiger charge is -2.21. The molecule has 0 atom stereocenters. The van der Waals surface area contributed by atoms with E-state index in [0.29, 0.717) is 17.2 Å². The number of H-pyrrole nitrogens is 1. The highest BCUT2D eigenvalue weighted by Gasteiger charge is 2.37. The highest BCUT2D eigenvalue weighted by Crippen LogP contribution is 2.41. The van der Waals surface area contributed by atoms with E-state index in [9.17, 15) is 26.7 Å². The number of aromatic amines is 1. The van der Waals surface area contributed by atoms with Gasteiger partial charge in [-0.2, -0.15) is 8.78 Å². The minimum Gasteiger partial charge on any atom is -0.419 e. The first-order chi connectivity index (χ1) is 16.9. The maximum Gasteiger partial charge on any atom is 0.322 e. The van der Waals surface area contributed by atoms with Gasteiger partial charge in [0.15, 0.2) is 0 Å². The number of aromatic nitrogens is 1. The largest absolute Gasteiger partial charge is 0.419 e. The Morgan fingerprint density at radius 2 is 1.50 bits per heavy atom. The van der Waals surface area contributed by atoms with Crippen molar-refractivity contribution in [2.75, 3.05) is 5.88 Å². The van der Waals surface area contributed by atoms with E-state index in [4.69, 9.17) is 16.3 Å². The Balaban J connectivity index is 1.74. The topological polar surface area (TPSA) is 42.1 Å². The smallest absolute Gasteiger partial charge is 0.322 e. The van der Waals surface area contributed by atoms with Gasteiger partial charge in [0, 0.05) is 16.1 Å². The first-order valence-electron chi connectivity index (χ1n) is 10.9. The van der Waals surface area contributed by atoms with E-state index in [1.54, 1.807) is 6.07 Å². The second-order valence-corrected chi connectivity index (χ2v) is 10.5. The number of fused-ring (bicyclic) bond motifs is 1. The summed E-state index contributed by atoms with van der Waals surface area (Å²) in [6.45, 7) is 6.88. The molecule has 4 aromatic rings. The molecule has 0 amide bonds. The fourth-order valence-corrected chi connectivity index (χ4v) is 5.42. The molecule has 190 valence electrons. The zero-order chi connectivity index (χ0) is 26.5. The van der Waals surface area contributed by atoms with Crippen LogP contribution in [0.15, 0.2) is 24.3 Å². The SMILES string of the molecule is Cc1cc(C)cc(-c2[nH]c3sc(C(C)(C)C(=O)Oc4c(F)c(F)c(F)c(F)c4F)cc3c2CCCl)c1. The van der Waals surface area contributed by atoms with Crippen LogP contribution in [-0.2, 0) is 16.6 Å². The van der Waals surface area contributed by atoms with Crippen molar-refractivity contribution < 1.29 is 31.5 Å². The maximum atomic E-state index is 14.1. The zero-order valence-corrected chi connectivity index (χ0v) is 21.3. The number of alkyl halides is 1. The average molecular weight is 542 g/mol. The number of esters is 1. The molecule has 4 rings (SSSR count). The summed E-state index contributed by atoms with van der Waals surface area (Å²) in [7, 11) is 0. The van der Waals surface area contributed by atoms with Gasteiger partial charge in [0.05, 0.1) is 11.1 Å². The fraction of sp³-hybridized carbons (Fsp3) is 0.269. The van der Waals surface area contributed by atoms with Crippen LogP contribution in [0.4, 0.5) is 22.0 Å². The highest BCUT2D eigenvalue weighted by atomic mass is 35.5. The number of hydrogen-bond acceptors (Lipinski definition) is 3. The Morgan fingerprint density at radius 3 is 2.06 bits per heavy atom. The first-order valence-corrected chi connectivity index (χ1v) is 12.2. The summed E-state index contributed by atoms with van der Waals surface area (Å²) in [5.41, 5.74) is 3.55. The van der Waals surface area contributed by atoms with Crippen LogP contribution in [0.3, 0.4) is 0 Å². The standard InChI is InChI=1S/C26H21ClF5NO2S/c1-11-7-12(2)9-13(8-11)22-14(5-6-27)15-10-16(36-24(15)33-22)26(3,4)25(34)35-23-20(31)18(29)17(28)19(30)21(23)32/h7-10,33H,5-6H2,1-4H3. The molecule has 0 saturated carbocycles. The molecule has 0 bridgehead atoms. The quantitative estimate of drug-likeness (QED) is 0.0674. The number of carbonyl (C=O) groups excluding carboxylic acids is 1. The lowest BCUT2D eigenvalue weighted by atomic mass is 9.91. The van der Waals surface area contributed by atoms with Crippen molar-refractivity contribution in [2.45, 2.75) is 39.5 Å². The molecular formula is C26H21ClF5NO2S. The number of ether oxygens (including phenoxy) is 1. The third kappa shape index (κ3) is 4.39. The van der Waals surface area contributed by atoms with Crippen LogP contribution < -0.4 is 4.74 Å². The van der Waals surface area contributed by atoms with Crippen LogP contribution in [0.5, 0.6) is 5.75 Å². The number of aryl methyl sites for hydroxylation is 3. The molecule has 3 nitrogen and oxygen atoms in total. The molecule has 0 saturated heterocycles. The van der Waals surface area contributed by atoms with Gasteiger partial charge in [-0.05, 0) is 63.4 Å². The molecule has 2 heterocycles. The zero-order valence-electron chi connectivity index (χ0n) is 19.7. The van der Waals surface area contributed by atoms with Crippen LogP contribution in [0.2, 0.25) is 0 Å². The van der Waals surface area contributed by atoms with Gasteiger partial charge in [0.2, 0.25) is 34.8 Å². The van der Waals surface area contributed by atoms with Crippen LogP contribution in [-0.4, -0.2) is 16.8 Å². The summed E-state index contributed by atoms with van der Waals surface area (Å²) in [6.07, 6.45) is 0.537. The van der Waals surface area contributed by atoms with E-state index in [-0.39, 0.29) is 0 Å². The van der Waals surface area contributed by atoms with Crippen LogP contribution in [0, 0.1) is 42.9 Å². The van der Waals surface area contributed by atoms with Crippen molar-refractivity contribution in [3.05, 3.63) is 74.9 Å². The van der Waals surface area contributed by atoms with Crippen LogP contribution >= 0.6 is 22.9 Å². The molecule has 0 aliphatic heterocycles. The minimum absolute atomic E-state index is 0.349. The van der Waals surface area contributed by atoms with Crippen molar-refractivity contribution >= 4 is 39.1 Å². The van der Waals surface area contributed by atoms with Gasteiger partial charge in [-0.3, -0.25) is 4.79 Å². The van der Waals surface area contributed by atoms with E-state index in [2.05, 4.69) is 11.1 Å². The molecule has 0 fully saturated rings. The van der Waals surface area contributed by atoms with Crippen molar-refractivity contribution in [1.29, 1.82) is 0 Å². The minimum atomic E-state index is -2.33. The second kappa shape index (κ2) is 9.52. The lowest BCUT2D eigenvalue weighted by molar-refractivity contribution is -0.140. The number of hydrogen-bond donors (Lipinski definition) is 1. The molecule has 10 heteroatoms. The lowest BCUT2D eigenvalue weighted by Crippen LogP contribution is -2.33. The fourth-order valence-electron chi connectivity index (χ4n) is 4.05. The Kier molecular flexibility index (Phi) is 6.92. The Bertz CT molecular complexity index is 1460. The molecule has 0 aliphatic rings. The molecular weight excluding hydrogens is 521 g/mol. The summed E-state index contributed by atoms with van der Waals surface area (Å²) in [6, 6.07) is 7.91. The summed E-state index contributed by atoms with van der Waals surface area (Å²) in [4.78, 5) is 17.5. The second-order valence-electron chi connectivity index (χ2n) is 9.06. The summed E-state index contributed by atoms with van der Waals surface area (Å²) >= 11 is 7.30. The van der Waals surface area contributed by atoms with E-state index in [0.717, 1.165) is 38.2 Å². The summed E-state index contributed by atoms with van der Waals surface area (Å²) in [5, 5.41) is 0.821. The van der Waals surface area contributed by atoms with Crippen LogP contribution in [0.25, 0.3) is 21.5 Å². The van der Waals surface area contributed by atoms with Gasteiger partial charge in [-0.25, -0.2) is 13.2 Å². The normalized spacial score (nSPS) is 11.9. The third-order valence-corrected chi connectivity index (χ3v) is 7.51. The monoisotopic (exact) mass is 541 g/mol. The van der Waals surface area contributed by atoms with Gasteiger partial charge >= 0.3 is 5.97 Å². The first kappa shape index (κ1) is 26.2. The van der Waals surface area contributed by atoms with E-state index in [1.807, 2.05) is 26.0 Å². The molecule has 1 N–H and O–H groups in total. The summed E-state index contributed by atoms with van der Waals surface area (Å²) in [5.74, 6) is -13.6. The number of halogens is 6. The third-order valence-electron chi connectivity index (χ3n) is 5.94. The predicted octanol–water partition coefficient (Wildman–Crippen LogP) is 7.87. The van der Waals surface area contributed by atoms with Gasteiger partial charge in [-0.15, -0.1) is 22.9 Å². The van der Waals surface area contributed by atoms with E-state index < -0.39 is 46.2 Å². The van der Waals surface area contributed by atoms with Crippen molar-refractivity contribution in [3.63, 3.8) is 0 Å². The number of nitrogens with one attached hydrogen (secondary N) is 1. The Morgan fingerprint density at radius 1 is 0.944 bits per heavy atom. The van der Waals surface area contributed by atoms with Gasteiger partial charge in [-0.1, -0.05) is 17.2 Å². The predicted molar refractivity (Wildman–Crippen MR) is 130 cm³/mol. The number of carbonyl (C=O) groups is 1.